The molecule has 1 amide bonds. The summed E-state index contributed by atoms with van der Waals surface area (Å²) < 4.78 is 7.40. The van der Waals surface area contributed by atoms with Crippen LogP contribution < -0.4 is 5.32 Å². The highest BCUT2D eigenvalue weighted by Gasteiger charge is 2.54. The lowest BCUT2D eigenvalue weighted by atomic mass is 9.49. The largest absolute Gasteiger partial charge is 0.456 e. The number of esters is 1. The Kier molecular flexibility index (Phi) is 4.79. The predicted octanol–water partition coefficient (Wildman–Crippen LogP) is 3.50. The van der Waals surface area contributed by atoms with Gasteiger partial charge in [0.05, 0.1) is 0 Å². The minimum absolute atomic E-state index is 0.0119. The van der Waals surface area contributed by atoms with Crippen molar-refractivity contribution in [2.45, 2.75) is 71.3 Å². The summed E-state index contributed by atoms with van der Waals surface area (Å²) in [5, 5.41) is 2.82. The second-order valence-corrected chi connectivity index (χ2v) is 10.4. The molecule has 0 radical (unpaired) electrons. The molecule has 1 N–H and O–H groups in total. The zero-order valence-corrected chi connectivity index (χ0v) is 18.0. The number of nitrogens with one attached hydrogen (secondary N) is 1. The van der Waals surface area contributed by atoms with Gasteiger partial charge in [-0.05, 0) is 89.0 Å². The van der Waals surface area contributed by atoms with E-state index in [1.165, 1.54) is 19.3 Å². The van der Waals surface area contributed by atoms with E-state index in [-0.39, 0.29) is 30.3 Å². The van der Waals surface area contributed by atoms with Gasteiger partial charge >= 0.3 is 5.97 Å². The van der Waals surface area contributed by atoms with Gasteiger partial charge in [0.15, 0.2) is 6.61 Å². The van der Waals surface area contributed by atoms with E-state index in [2.05, 4.69) is 9.88 Å². The zero-order valence-electron chi connectivity index (χ0n) is 18.0. The van der Waals surface area contributed by atoms with Crippen LogP contribution >= 0.6 is 0 Å². The van der Waals surface area contributed by atoms with Crippen molar-refractivity contribution in [2.75, 3.05) is 13.2 Å². The molecule has 6 heteroatoms. The third kappa shape index (κ3) is 3.48. The SMILES string of the molecule is Cc1cc(C(=O)COC(=O)CNC(=O)C23CC4CC(CC(C4)C2)C3)c(C)n1C1CC1. The number of Topliss-reactive ketones (excluding diaryl/α,β-unsaturated/α-hetero) is 1. The molecule has 5 fully saturated rings. The highest BCUT2D eigenvalue weighted by Crippen LogP contribution is 2.60. The van der Waals surface area contributed by atoms with Crippen molar-refractivity contribution in [3.8, 4) is 0 Å². The van der Waals surface area contributed by atoms with E-state index in [9.17, 15) is 14.4 Å². The summed E-state index contributed by atoms with van der Waals surface area (Å²) in [5.74, 6) is 1.33. The number of ketones is 1. The number of nitrogens with zero attached hydrogens (tertiary/aromatic N) is 1. The van der Waals surface area contributed by atoms with E-state index in [0.29, 0.717) is 29.4 Å². The van der Waals surface area contributed by atoms with Crippen molar-refractivity contribution >= 4 is 17.7 Å². The summed E-state index contributed by atoms with van der Waals surface area (Å²) in [6, 6.07) is 2.40. The van der Waals surface area contributed by atoms with Crippen LogP contribution in [-0.4, -0.2) is 35.4 Å². The summed E-state index contributed by atoms with van der Waals surface area (Å²) in [4.78, 5) is 37.7. The lowest BCUT2D eigenvalue weighted by Crippen LogP contribution is -2.54. The second-order valence-electron chi connectivity index (χ2n) is 10.4. The first-order chi connectivity index (χ1) is 14.3. The molecular formula is C24H32N2O4. The molecule has 5 aliphatic carbocycles. The molecule has 162 valence electrons. The number of aromatic nitrogens is 1. The van der Waals surface area contributed by atoms with Crippen LogP contribution in [0.3, 0.4) is 0 Å². The number of carbonyl (C=O) groups is 3. The van der Waals surface area contributed by atoms with E-state index in [1.807, 2.05) is 19.9 Å². The van der Waals surface area contributed by atoms with Gasteiger partial charge in [-0.2, -0.15) is 0 Å². The number of aryl methyl sites for hydroxylation is 1. The summed E-state index contributed by atoms with van der Waals surface area (Å²) >= 11 is 0. The molecule has 0 unspecified atom stereocenters. The van der Waals surface area contributed by atoms with Gasteiger partial charge in [0.2, 0.25) is 11.7 Å². The lowest BCUT2D eigenvalue weighted by Gasteiger charge is -2.55. The first kappa shape index (κ1) is 19.8. The third-order valence-electron chi connectivity index (χ3n) is 7.97. The number of amides is 1. The molecule has 0 atom stereocenters. The summed E-state index contributed by atoms with van der Waals surface area (Å²) in [7, 11) is 0. The third-order valence-corrected chi connectivity index (χ3v) is 7.97. The molecule has 4 bridgehead atoms. The fraction of sp³-hybridized carbons (Fsp3) is 0.708. The minimum atomic E-state index is -0.544. The molecule has 5 aliphatic rings. The van der Waals surface area contributed by atoms with Crippen LogP contribution in [0.5, 0.6) is 0 Å². The van der Waals surface area contributed by atoms with Gasteiger partial charge in [0.25, 0.3) is 0 Å². The predicted molar refractivity (Wildman–Crippen MR) is 111 cm³/mol. The maximum Gasteiger partial charge on any atom is 0.325 e. The monoisotopic (exact) mass is 412 g/mol. The van der Waals surface area contributed by atoms with Crippen molar-refractivity contribution in [1.82, 2.24) is 9.88 Å². The van der Waals surface area contributed by atoms with Crippen LogP contribution in [0.1, 0.15) is 79.2 Å². The quantitative estimate of drug-likeness (QED) is 0.549. The molecular weight excluding hydrogens is 380 g/mol. The van der Waals surface area contributed by atoms with Crippen LogP contribution in [0.15, 0.2) is 6.07 Å². The smallest absolute Gasteiger partial charge is 0.325 e. The first-order valence-electron chi connectivity index (χ1n) is 11.5. The topological polar surface area (TPSA) is 77.4 Å². The molecule has 6 rings (SSSR count). The van der Waals surface area contributed by atoms with Crippen LogP contribution in [0.4, 0.5) is 0 Å². The van der Waals surface area contributed by atoms with Crippen molar-refractivity contribution < 1.29 is 19.1 Å². The molecule has 5 saturated carbocycles. The summed E-state index contributed by atoms with van der Waals surface area (Å²) in [6.07, 6.45) is 9.04. The molecule has 0 aromatic carbocycles. The lowest BCUT2D eigenvalue weighted by molar-refractivity contribution is -0.150. The van der Waals surface area contributed by atoms with Gasteiger partial charge in [0.1, 0.15) is 6.54 Å². The van der Waals surface area contributed by atoms with E-state index in [4.69, 9.17) is 4.74 Å². The minimum Gasteiger partial charge on any atom is -0.456 e. The Bertz CT molecular complexity index is 860. The average molecular weight is 413 g/mol. The first-order valence-corrected chi connectivity index (χ1v) is 11.5. The van der Waals surface area contributed by atoms with Gasteiger partial charge in [-0.15, -0.1) is 0 Å². The van der Waals surface area contributed by atoms with Crippen molar-refractivity contribution in [3.63, 3.8) is 0 Å². The van der Waals surface area contributed by atoms with Gasteiger partial charge in [0, 0.05) is 28.4 Å². The maximum atomic E-state index is 12.9. The van der Waals surface area contributed by atoms with Gasteiger partial charge in [-0.1, -0.05) is 0 Å². The van der Waals surface area contributed by atoms with Crippen LogP contribution in [0.25, 0.3) is 0 Å². The van der Waals surface area contributed by atoms with Crippen molar-refractivity contribution in [2.24, 2.45) is 23.2 Å². The Hall–Kier alpha value is -2.11. The zero-order chi connectivity index (χ0) is 21.0. The van der Waals surface area contributed by atoms with Crippen LogP contribution in [0.2, 0.25) is 0 Å². The van der Waals surface area contributed by atoms with E-state index < -0.39 is 5.97 Å². The number of ether oxygens (including phenoxy) is 1. The number of rotatable bonds is 7. The standard InChI is InChI=1S/C24H32N2O4/c1-14-5-20(15(2)26(14)19-3-4-19)21(27)13-30-22(28)12-25-23(29)24-9-16-6-17(10-24)8-18(7-16)11-24/h5,16-19H,3-4,6-13H2,1-2H3,(H,25,29). The van der Waals surface area contributed by atoms with Crippen molar-refractivity contribution in [3.05, 3.63) is 23.0 Å². The molecule has 1 aromatic rings. The highest BCUT2D eigenvalue weighted by molar-refractivity contribution is 5.99. The Morgan fingerprint density at radius 3 is 2.23 bits per heavy atom. The van der Waals surface area contributed by atoms with Gasteiger partial charge in [-0.25, -0.2) is 0 Å². The highest BCUT2D eigenvalue weighted by atomic mass is 16.5. The van der Waals surface area contributed by atoms with E-state index in [0.717, 1.165) is 43.5 Å². The van der Waals surface area contributed by atoms with Gasteiger partial charge < -0.3 is 14.6 Å². The van der Waals surface area contributed by atoms with Gasteiger partial charge in [-0.3, -0.25) is 14.4 Å². The molecule has 0 spiro atoms. The fourth-order valence-electron chi connectivity index (χ4n) is 6.96. The normalized spacial score (nSPS) is 31.6. The Morgan fingerprint density at radius 2 is 1.67 bits per heavy atom. The summed E-state index contributed by atoms with van der Waals surface area (Å²) in [5.41, 5.74) is 2.38. The van der Waals surface area contributed by atoms with Crippen LogP contribution in [-0.2, 0) is 14.3 Å². The molecule has 1 aromatic heterocycles. The maximum absolute atomic E-state index is 12.9. The van der Waals surface area contributed by atoms with E-state index in [1.54, 1.807) is 0 Å². The Morgan fingerprint density at radius 1 is 1.07 bits per heavy atom. The van der Waals surface area contributed by atoms with Crippen LogP contribution in [0, 0.1) is 37.0 Å². The molecule has 1 heterocycles. The Labute approximate surface area is 177 Å². The molecule has 0 aliphatic heterocycles. The van der Waals surface area contributed by atoms with E-state index >= 15 is 0 Å². The molecule has 30 heavy (non-hydrogen) atoms. The van der Waals surface area contributed by atoms with Crippen molar-refractivity contribution in [1.29, 1.82) is 0 Å². The summed E-state index contributed by atoms with van der Waals surface area (Å²) in [6.45, 7) is 3.52. The molecule has 0 saturated heterocycles. The number of hydrogen-bond acceptors (Lipinski definition) is 4. The fourth-order valence-corrected chi connectivity index (χ4v) is 6.96. The second kappa shape index (κ2) is 7.24. The molecule has 6 nitrogen and oxygen atoms in total. The Balaban J connectivity index is 1.12. The number of carbonyl (C=O) groups excluding carboxylic acids is 3. The number of hydrogen-bond donors (Lipinski definition) is 1. The average Bonchev–Trinajstić information content (AvgIpc) is 3.47.